The minimum atomic E-state index is -0.284. The Morgan fingerprint density at radius 2 is 2.04 bits per heavy atom. The van der Waals surface area contributed by atoms with E-state index in [1.165, 1.54) is 0 Å². The molecule has 1 aromatic carbocycles. The topological polar surface area (TPSA) is 69.3 Å². The summed E-state index contributed by atoms with van der Waals surface area (Å²) in [5, 5.41) is 7.07. The molecule has 0 fully saturated rings. The van der Waals surface area contributed by atoms with Crippen molar-refractivity contribution in [3.05, 3.63) is 68.8 Å². The summed E-state index contributed by atoms with van der Waals surface area (Å²) in [6, 6.07) is 10.9. The average molecular weight is 483 g/mol. The van der Waals surface area contributed by atoms with Gasteiger partial charge in [-0.3, -0.25) is 9.48 Å². The molecule has 0 saturated heterocycles. The number of benzene rings is 1. The third kappa shape index (κ3) is 4.37. The summed E-state index contributed by atoms with van der Waals surface area (Å²) >= 11 is 6.86. The number of carbonyl (C=O) groups is 1. The maximum absolute atomic E-state index is 12.3. The third-order valence-corrected chi connectivity index (χ3v) is 5.02. The van der Waals surface area contributed by atoms with Crippen LogP contribution in [-0.4, -0.2) is 15.7 Å². The van der Waals surface area contributed by atoms with Gasteiger partial charge in [0, 0.05) is 6.54 Å². The van der Waals surface area contributed by atoms with Crippen LogP contribution in [0.3, 0.4) is 0 Å². The molecule has 8 heteroatoms. The van der Waals surface area contributed by atoms with Crippen molar-refractivity contribution in [3.63, 3.8) is 0 Å². The van der Waals surface area contributed by atoms with Crippen LogP contribution in [0.5, 0.6) is 5.75 Å². The zero-order chi connectivity index (χ0) is 18.5. The van der Waals surface area contributed by atoms with Gasteiger partial charge in [-0.15, -0.1) is 0 Å². The lowest BCUT2D eigenvalue weighted by Crippen LogP contribution is -2.24. The Balaban J connectivity index is 1.58. The molecule has 3 rings (SSSR count). The third-order valence-electron chi connectivity index (χ3n) is 3.71. The number of furan rings is 1. The number of halogens is 2. The Morgan fingerprint density at radius 3 is 2.81 bits per heavy atom. The molecule has 1 N–H and O–H groups in total. The quantitative estimate of drug-likeness (QED) is 0.537. The average Bonchev–Trinajstić information content (AvgIpc) is 3.25. The summed E-state index contributed by atoms with van der Waals surface area (Å²) in [5.74, 6) is 1.25. The smallest absolute Gasteiger partial charge is 0.287 e. The van der Waals surface area contributed by atoms with E-state index in [9.17, 15) is 4.79 Å². The van der Waals surface area contributed by atoms with E-state index < -0.39 is 0 Å². The number of carbonyl (C=O) groups excluding carboxylic acids is 1. The molecule has 0 aliphatic carbocycles. The first-order valence-corrected chi connectivity index (χ1v) is 9.61. The Hall–Kier alpha value is -2.06. The predicted molar refractivity (Wildman–Crippen MR) is 104 cm³/mol. The largest absolute Gasteiger partial charge is 0.484 e. The first kappa shape index (κ1) is 18.7. The highest BCUT2D eigenvalue weighted by Gasteiger charge is 2.14. The van der Waals surface area contributed by atoms with Gasteiger partial charge in [0.1, 0.15) is 18.1 Å². The molecule has 0 aliphatic heterocycles. The molecule has 0 spiro atoms. The van der Waals surface area contributed by atoms with E-state index in [0.29, 0.717) is 18.1 Å². The van der Waals surface area contributed by atoms with Crippen LogP contribution in [0.15, 0.2) is 56.0 Å². The normalized spacial score (nSPS) is 10.7. The highest BCUT2D eigenvalue weighted by molar-refractivity contribution is 9.10. The van der Waals surface area contributed by atoms with Crippen molar-refractivity contribution in [2.24, 2.45) is 0 Å². The second-order valence-corrected chi connectivity index (χ2v) is 7.13. The van der Waals surface area contributed by atoms with Crippen LogP contribution >= 0.6 is 31.9 Å². The van der Waals surface area contributed by atoms with Crippen LogP contribution in [0.25, 0.3) is 0 Å². The Kier molecular flexibility index (Phi) is 6.16. The van der Waals surface area contributed by atoms with Crippen molar-refractivity contribution in [3.8, 4) is 5.75 Å². The molecule has 2 heterocycles. The van der Waals surface area contributed by atoms with Gasteiger partial charge >= 0.3 is 0 Å². The van der Waals surface area contributed by atoms with Crippen LogP contribution in [0.4, 0.5) is 0 Å². The predicted octanol–water partition coefficient (Wildman–Crippen LogP) is 4.53. The maximum Gasteiger partial charge on any atom is 0.287 e. The maximum atomic E-state index is 12.3. The van der Waals surface area contributed by atoms with Gasteiger partial charge < -0.3 is 14.5 Å². The number of aryl methyl sites for hydroxylation is 1. The lowest BCUT2D eigenvalue weighted by atomic mass is 10.3. The molecular formula is C18H17Br2N3O3. The Labute approximate surface area is 167 Å². The van der Waals surface area contributed by atoms with Crippen molar-refractivity contribution in [1.29, 1.82) is 0 Å². The fourth-order valence-electron chi connectivity index (χ4n) is 2.38. The first-order chi connectivity index (χ1) is 12.6. The lowest BCUT2D eigenvalue weighted by molar-refractivity contribution is 0.0918. The van der Waals surface area contributed by atoms with Crippen LogP contribution in [0.2, 0.25) is 0 Å². The molecule has 0 radical (unpaired) electrons. The molecule has 3 aromatic rings. The van der Waals surface area contributed by atoms with Crippen molar-refractivity contribution >= 4 is 37.8 Å². The summed E-state index contributed by atoms with van der Waals surface area (Å²) in [7, 11) is 0. The highest BCUT2D eigenvalue weighted by Crippen LogP contribution is 2.25. The van der Waals surface area contributed by atoms with E-state index in [-0.39, 0.29) is 18.3 Å². The molecule has 0 aliphatic rings. The van der Waals surface area contributed by atoms with Gasteiger partial charge in [0.05, 0.1) is 27.4 Å². The molecule has 1 amide bonds. The fourth-order valence-corrected chi connectivity index (χ4v) is 3.21. The van der Waals surface area contributed by atoms with Gasteiger partial charge in [0.2, 0.25) is 0 Å². The molecule has 0 bridgehead atoms. The number of nitrogens with zero attached hydrogens (tertiary/aromatic N) is 2. The van der Waals surface area contributed by atoms with Crippen LogP contribution in [0, 0.1) is 0 Å². The van der Waals surface area contributed by atoms with Crippen molar-refractivity contribution in [1.82, 2.24) is 15.1 Å². The minimum absolute atomic E-state index is 0.240. The summed E-state index contributed by atoms with van der Waals surface area (Å²) in [6.45, 7) is 3.32. The zero-order valence-electron chi connectivity index (χ0n) is 14.0. The van der Waals surface area contributed by atoms with Gasteiger partial charge in [0.15, 0.2) is 5.76 Å². The lowest BCUT2D eigenvalue weighted by Gasteiger charge is -2.07. The number of para-hydroxylation sites is 1. The van der Waals surface area contributed by atoms with Gasteiger partial charge in [-0.05, 0) is 63.0 Å². The van der Waals surface area contributed by atoms with E-state index in [1.54, 1.807) is 18.3 Å². The van der Waals surface area contributed by atoms with Gasteiger partial charge in [-0.25, -0.2) is 0 Å². The van der Waals surface area contributed by atoms with Crippen LogP contribution < -0.4 is 10.1 Å². The Morgan fingerprint density at radius 1 is 1.23 bits per heavy atom. The molecule has 6 nitrogen and oxygen atoms in total. The van der Waals surface area contributed by atoms with Crippen LogP contribution in [0.1, 0.15) is 28.9 Å². The van der Waals surface area contributed by atoms with E-state index >= 15 is 0 Å². The van der Waals surface area contributed by atoms with Gasteiger partial charge in [-0.2, -0.15) is 5.10 Å². The molecular weight excluding hydrogens is 466 g/mol. The Bertz CT molecular complexity index is 905. The first-order valence-electron chi connectivity index (χ1n) is 8.03. The molecule has 0 saturated carbocycles. The number of amides is 1. The number of hydrogen-bond donors (Lipinski definition) is 1. The van der Waals surface area contributed by atoms with Gasteiger partial charge in [0.25, 0.3) is 5.91 Å². The highest BCUT2D eigenvalue weighted by atomic mass is 79.9. The van der Waals surface area contributed by atoms with E-state index in [0.717, 1.165) is 21.2 Å². The number of rotatable bonds is 7. The van der Waals surface area contributed by atoms with Crippen molar-refractivity contribution in [2.75, 3.05) is 0 Å². The monoisotopic (exact) mass is 481 g/mol. The van der Waals surface area contributed by atoms with E-state index in [1.807, 2.05) is 35.9 Å². The summed E-state index contributed by atoms with van der Waals surface area (Å²) in [6.07, 6.45) is 1.72. The van der Waals surface area contributed by atoms with E-state index in [4.69, 9.17) is 9.15 Å². The summed E-state index contributed by atoms with van der Waals surface area (Å²) in [4.78, 5) is 12.3. The minimum Gasteiger partial charge on any atom is -0.484 e. The number of nitrogens with one attached hydrogen (secondary N) is 1. The molecule has 136 valence electrons. The van der Waals surface area contributed by atoms with E-state index in [2.05, 4.69) is 42.3 Å². The second-order valence-electron chi connectivity index (χ2n) is 5.42. The molecule has 2 aromatic heterocycles. The van der Waals surface area contributed by atoms with Gasteiger partial charge in [-0.1, -0.05) is 12.1 Å². The SMILES string of the molecule is CCn1ncc(Br)c1CNC(=O)c1ccc(COc2ccccc2Br)o1. The molecule has 26 heavy (non-hydrogen) atoms. The number of hydrogen-bond acceptors (Lipinski definition) is 4. The molecule has 0 atom stereocenters. The standard InChI is InChI=1S/C18H17Br2N3O3/c1-2-23-15(14(20)9-22-23)10-21-18(24)17-8-7-12(26-17)11-25-16-6-4-3-5-13(16)19/h3-9H,2,10-11H2,1H3,(H,21,24). The van der Waals surface area contributed by atoms with Crippen molar-refractivity contribution < 1.29 is 13.9 Å². The second kappa shape index (κ2) is 8.55. The zero-order valence-corrected chi connectivity index (χ0v) is 17.2. The van der Waals surface area contributed by atoms with Crippen molar-refractivity contribution in [2.45, 2.75) is 26.6 Å². The van der Waals surface area contributed by atoms with Crippen LogP contribution in [-0.2, 0) is 19.7 Å². The molecule has 0 unspecified atom stereocenters. The fraction of sp³-hybridized carbons (Fsp3) is 0.222. The number of aromatic nitrogens is 2. The number of ether oxygens (including phenoxy) is 1. The summed E-state index contributed by atoms with van der Waals surface area (Å²) in [5.41, 5.74) is 0.907. The summed E-state index contributed by atoms with van der Waals surface area (Å²) < 4.78 is 14.8.